The van der Waals surface area contributed by atoms with Crippen molar-refractivity contribution < 1.29 is 9.53 Å². The molecular formula is C25H46O2. The lowest BCUT2D eigenvalue weighted by molar-refractivity contribution is -0.137. The minimum atomic E-state index is -0.303. The summed E-state index contributed by atoms with van der Waals surface area (Å²) < 4.78 is 4.97. The third kappa shape index (κ3) is 22.9. The molecule has 0 aliphatic rings. The number of ether oxygens (including phenoxy) is 1. The second-order valence-corrected chi connectivity index (χ2v) is 7.72. The maximum absolute atomic E-state index is 10.9. The zero-order chi connectivity index (χ0) is 19.8. The zero-order valence-electron chi connectivity index (χ0n) is 18.2. The maximum Gasteiger partial charge on any atom is 0.330 e. The topological polar surface area (TPSA) is 26.3 Å². The lowest BCUT2D eigenvalue weighted by Gasteiger charge is -2.03. The summed E-state index contributed by atoms with van der Waals surface area (Å²) >= 11 is 0. The third-order valence-corrected chi connectivity index (χ3v) is 5.07. The second-order valence-electron chi connectivity index (χ2n) is 7.72. The van der Waals surface area contributed by atoms with Crippen LogP contribution in [0.25, 0.3) is 0 Å². The Kier molecular flexibility index (Phi) is 22.1. The first-order chi connectivity index (χ1) is 13.3. The van der Waals surface area contributed by atoms with Gasteiger partial charge in [-0.2, -0.15) is 0 Å². The fraction of sp³-hybridized carbons (Fsp3) is 0.800. The molecule has 0 aromatic rings. The SMILES string of the molecule is C=CC(=O)OCCCCCCCCCCCC/C=C/CCCCCCCC. The van der Waals surface area contributed by atoms with Gasteiger partial charge in [-0.15, -0.1) is 0 Å². The Bertz CT molecular complexity index is 346. The van der Waals surface area contributed by atoms with Crippen LogP contribution in [-0.4, -0.2) is 12.6 Å². The van der Waals surface area contributed by atoms with Gasteiger partial charge in [-0.1, -0.05) is 109 Å². The molecule has 2 heteroatoms. The van der Waals surface area contributed by atoms with E-state index in [1.165, 1.54) is 109 Å². The van der Waals surface area contributed by atoms with Crippen LogP contribution >= 0.6 is 0 Å². The first-order valence-corrected chi connectivity index (χ1v) is 11.8. The van der Waals surface area contributed by atoms with Crippen molar-refractivity contribution >= 4 is 5.97 Å². The molecule has 0 N–H and O–H groups in total. The van der Waals surface area contributed by atoms with Crippen molar-refractivity contribution in [3.8, 4) is 0 Å². The van der Waals surface area contributed by atoms with Crippen molar-refractivity contribution in [2.75, 3.05) is 6.61 Å². The number of hydrogen-bond acceptors (Lipinski definition) is 2. The van der Waals surface area contributed by atoms with Gasteiger partial charge in [0.15, 0.2) is 0 Å². The molecule has 0 atom stereocenters. The van der Waals surface area contributed by atoms with Gasteiger partial charge in [-0.05, 0) is 32.1 Å². The lowest BCUT2D eigenvalue weighted by Crippen LogP contribution is -2.01. The molecule has 0 rings (SSSR count). The summed E-state index contributed by atoms with van der Waals surface area (Å²) in [5.41, 5.74) is 0. The van der Waals surface area contributed by atoms with Crippen molar-refractivity contribution in [3.63, 3.8) is 0 Å². The number of esters is 1. The average molecular weight is 379 g/mol. The van der Waals surface area contributed by atoms with E-state index in [1.54, 1.807) is 0 Å². The van der Waals surface area contributed by atoms with E-state index >= 15 is 0 Å². The van der Waals surface area contributed by atoms with Gasteiger partial charge in [0.25, 0.3) is 0 Å². The fourth-order valence-electron chi connectivity index (χ4n) is 3.29. The first-order valence-electron chi connectivity index (χ1n) is 11.8. The monoisotopic (exact) mass is 378 g/mol. The molecule has 0 radical (unpaired) electrons. The Morgan fingerprint density at radius 1 is 0.667 bits per heavy atom. The fourth-order valence-corrected chi connectivity index (χ4v) is 3.29. The number of unbranched alkanes of at least 4 members (excludes halogenated alkanes) is 16. The van der Waals surface area contributed by atoms with E-state index in [0.717, 1.165) is 12.8 Å². The smallest absolute Gasteiger partial charge is 0.330 e. The van der Waals surface area contributed by atoms with Crippen LogP contribution in [0.1, 0.15) is 122 Å². The van der Waals surface area contributed by atoms with Gasteiger partial charge in [0, 0.05) is 6.08 Å². The average Bonchev–Trinajstić information content (AvgIpc) is 2.68. The van der Waals surface area contributed by atoms with Crippen LogP contribution in [0, 0.1) is 0 Å². The molecule has 0 bridgehead atoms. The standard InChI is InChI=1S/C25H46O2/c1-3-5-6-7-8-9-10-11-12-13-14-15-16-17-18-19-20-21-22-23-24-27-25(26)4-2/h4,11-12H,2-3,5-10,13-24H2,1H3/b12-11+. The van der Waals surface area contributed by atoms with Crippen molar-refractivity contribution in [2.24, 2.45) is 0 Å². The molecule has 0 heterocycles. The molecule has 0 aliphatic heterocycles. The van der Waals surface area contributed by atoms with Crippen molar-refractivity contribution in [1.29, 1.82) is 0 Å². The molecular weight excluding hydrogens is 332 g/mol. The number of allylic oxidation sites excluding steroid dienone is 2. The van der Waals surface area contributed by atoms with Crippen LogP contribution in [0.2, 0.25) is 0 Å². The molecule has 0 fully saturated rings. The van der Waals surface area contributed by atoms with Gasteiger partial charge in [0.2, 0.25) is 0 Å². The Labute approximate surface area is 169 Å². The Morgan fingerprint density at radius 2 is 1.07 bits per heavy atom. The highest BCUT2D eigenvalue weighted by atomic mass is 16.5. The van der Waals surface area contributed by atoms with Gasteiger partial charge < -0.3 is 4.74 Å². The van der Waals surface area contributed by atoms with Gasteiger partial charge in [-0.3, -0.25) is 0 Å². The Hall–Kier alpha value is -1.05. The van der Waals surface area contributed by atoms with E-state index in [1.807, 2.05) is 0 Å². The molecule has 27 heavy (non-hydrogen) atoms. The van der Waals surface area contributed by atoms with Crippen molar-refractivity contribution in [1.82, 2.24) is 0 Å². The van der Waals surface area contributed by atoms with Gasteiger partial charge >= 0.3 is 5.97 Å². The lowest BCUT2D eigenvalue weighted by atomic mass is 10.1. The highest BCUT2D eigenvalue weighted by Gasteiger charge is 1.96. The Balaban J connectivity index is 3.09. The number of carbonyl (C=O) groups excluding carboxylic acids is 1. The van der Waals surface area contributed by atoms with E-state index in [2.05, 4.69) is 25.7 Å². The predicted molar refractivity (Wildman–Crippen MR) is 119 cm³/mol. The van der Waals surface area contributed by atoms with Crippen LogP contribution < -0.4 is 0 Å². The zero-order valence-corrected chi connectivity index (χ0v) is 18.2. The largest absolute Gasteiger partial charge is 0.463 e. The summed E-state index contributed by atoms with van der Waals surface area (Å²) in [6, 6.07) is 0. The first kappa shape index (κ1) is 26.0. The van der Waals surface area contributed by atoms with Crippen LogP contribution in [-0.2, 0) is 9.53 Å². The molecule has 158 valence electrons. The predicted octanol–water partition coefficient (Wildman–Crippen LogP) is 8.31. The molecule has 0 unspecified atom stereocenters. The van der Waals surface area contributed by atoms with E-state index in [9.17, 15) is 4.79 Å². The molecule has 0 aromatic heterocycles. The van der Waals surface area contributed by atoms with Gasteiger partial charge in [0.05, 0.1) is 6.61 Å². The third-order valence-electron chi connectivity index (χ3n) is 5.07. The van der Waals surface area contributed by atoms with Crippen LogP contribution in [0.15, 0.2) is 24.8 Å². The van der Waals surface area contributed by atoms with Crippen molar-refractivity contribution in [3.05, 3.63) is 24.8 Å². The van der Waals surface area contributed by atoms with E-state index in [4.69, 9.17) is 4.74 Å². The number of rotatable bonds is 21. The number of hydrogen-bond donors (Lipinski definition) is 0. The van der Waals surface area contributed by atoms with E-state index in [-0.39, 0.29) is 5.97 Å². The molecule has 2 nitrogen and oxygen atoms in total. The summed E-state index contributed by atoms with van der Waals surface area (Å²) in [5, 5.41) is 0. The molecule has 0 saturated carbocycles. The highest BCUT2D eigenvalue weighted by Crippen LogP contribution is 2.12. The number of carbonyl (C=O) groups is 1. The molecule has 0 aromatic carbocycles. The molecule has 0 aliphatic carbocycles. The minimum absolute atomic E-state index is 0.303. The van der Waals surface area contributed by atoms with Crippen molar-refractivity contribution in [2.45, 2.75) is 122 Å². The van der Waals surface area contributed by atoms with Gasteiger partial charge in [-0.25, -0.2) is 4.79 Å². The van der Waals surface area contributed by atoms with Gasteiger partial charge in [0.1, 0.15) is 0 Å². The minimum Gasteiger partial charge on any atom is -0.463 e. The summed E-state index contributed by atoms with van der Waals surface area (Å²) in [5.74, 6) is -0.303. The van der Waals surface area contributed by atoms with Crippen LogP contribution in [0.3, 0.4) is 0 Å². The molecule has 0 spiro atoms. The summed E-state index contributed by atoms with van der Waals surface area (Å²) in [6.07, 6.45) is 29.9. The second kappa shape index (κ2) is 23.0. The van der Waals surface area contributed by atoms with Crippen LogP contribution in [0.5, 0.6) is 0 Å². The summed E-state index contributed by atoms with van der Waals surface area (Å²) in [6.45, 7) is 6.21. The summed E-state index contributed by atoms with van der Waals surface area (Å²) in [7, 11) is 0. The maximum atomic E-state index is 10.9. The normalized spacial score (nSPS) is 11.1. The van der Waals surface area contributed by atoms with Crippen LogP contribution in [0.4, 0.5) is 0 Å². The summed E-state index contributed by atoms with van der Waals surface area (Å²) in [4.78, 5) is 10.9. The highest BCUT2D eigenvalue weighted by molar-refractivity contribution is 5.81. The van der Waals surface area contributed by atoms with E-state index < -0.39 is 0 Å². The quantitative estimate of drug-likeness (QED) is 0.0868. The molecule has 0 saturated heterocycles. The van der Waals surface area contributed by atoms with E-state index in [0.29, 0.717) is 6.61 Å². The molecule has 0 amide bonds. The Morgan fingerprint density at radius 3 is 1.52 bits per heavy atom.